The van der Waals surface area contributed by atoms with E-state index in [0.29, 0.717) is 0 Å². The second kappa shape index (κ2) is 6.62. The summed E-state index contributed by atoms with van der Waals surface area (Å²) in [6.45, 7) is 0. The molecule has 0 fully saturated rings. The molecule has 7 heteroatoms. The van der Waals surface area contributed by atoms with Crippen LogP contribution in [0.3, 0.4) is 0 Å². The maximum atomic E-state index is 4.66. The number of anilines is 2. The van der Waals surface area contributed by atoms with E-state index in [9.17, 15) is 0 Å². The number of H-pyrrole nitrogens is 1. The first kappa shape index (κ1) is 15.7. The van der Waals surface area contributed by atoms with E-state index in [2.05, 4.69) is 48.4 Å². The van der Waals surface area contributed by atoms with Gasteiger partial charge in [0.2, 0.25) is 0 Å². The summed E-state index contributed by atoms with van der Waals surface area (Å²) in [4.78, 5) is 20.6. The lowest BCUT2D eigenvalue weighted by atomic mass is 10.1. The molecule has 4 heterocycles. The molecule has 5 aromatic rings. The van der Waals surface area contributed by atoms with Crippen molar-refractivity contribution in [3.8, 4) is 22.5 Å². The van der Waals surface area contributed by atoms with Gasteiger partial charge < -0.3 is 10.3 Å². The number of aromatic amines is 1. The number of hydrogen-bond acceptors (Lipinski definition) is 6. The maximum absolute atomic E-state index is 4.66. The van der Waals surface area contributed by atoms with E-state index >= 15 is 0 Å². The third kappa shape index (κ3) is 3.16. The molecule has 0 saturated carbocycles. The number of benzene rings is 1. The van der Waals surface area contributed by atoms with E-state index in [1.54, 1.807) is 35.4 Å². The smallest absolute Gasteiger partial charge is 0.138 e. The van der Waals surface area contributed by atoms with Gasteiger partial charge in [0, 0.05) is 29.7 Å². The summed E-state index contributed by atoms with van der Waals surface area (Å²) < 4.78 is 0. The number of thiazole rings is 1. The molecule has 0 saturated heterocycles. The molecule has 0 aliphatic carbocycles. The standard InChI is InChI=1S/C20H14N6S/c1-3-16-17(25-20(24-16)13-5-7-21-8-6-13)9-14(1)15-2-4-18(23-10-15)26-19-11-22-12-27-19/h1-12H,(H,23,26)(H,24,25). The van der Waals surface area contributed by atoms with Crippen molar-refractivity contribution in [3.63, 3.8) is 0 Å². The van der Waals surface area contributed by atoms with E-state index in [-0.39, 0.29) is 0 Å². The second-order valence-corrected chi connectivity index (χ2v) is 6.86. The molecule has 0 bridgehead atoms. The molecule has 4 aromatic heterocycles. The zero-order valence-corrected chi connectivity index (χ0v) is 14.9. The van der Waals surface area contributed by atoms with Crippen LogP contribution in [-0.4, -0.2) is 24.9 Å². The van der Waals surface area contributed by atoms with Gasteiger partial charge in [-0.3, -0.25) is 9.97 Å². The highest BCUT2D eigenvalue weighted by Gasteiger charge is 2.07. The van der Waals surface area contributed by atoms with Gasteiger partial charge in [-0.1, -0.05) is 6.07 Å². The van der Waals surface area contributed by atoms with Gasteiger partial charge in [-0.2, -0.15) is 0 Å². The molecule has 1 aromatic carbocycles. The summed E-state index contributed by atoms with van der Waals surface area (Å²) in [5, 5.41) is 4.21. The van der Waals surface area contributed by atoms with Crippen LogP contribution in [0.25, 0.3) is 33.5 Å². The van der Waals surface area contributed by atoms with Crippen molar-refractivity contribution in [2.75, 3.05) is 5.32 Å². The number of nitrogens with one attached hydrogen (secondary N) is 2. The Kier molecular flexibility index (Phi) is 3.84. The molecular formula is C20H14N6S. The number of imidazole rings is 1. The van der Waals surface area contributed by atoms with Gasteiger partial charge in [0.05, 0.1) is 22.7 Å². The molecule has 0 aliphatic rings. The van der Waals surface area contributed by atoms with Gasteiger partial charge in [-0.05, 0) is 42.0 Å². The summed E-state index contributed by atoms with van der Waals surface area (Å²) in [6, 6.07) is 14.1. The fourth-order valence-corrected chi connectivity index (χ4v) is 3.40. The van der Waals surface area contributed by atoms with Crippen molar-refractivity contribution < 1.29 is 0 Å². The Balaban J connectivity index is 1.44. The Bertz CT molecular complexity index is 1180. The van der Waals surface area contributed by atoms with Gasteiger partial charge in [0.1, 0.15) is 16.6 Å². The summed E-state index contributed by atoms with van der Waals surface area (Å²) in [6.07, 6.45) is 7.18. The number of pyridine rings is 2. The van der Waals surface area contributed by atoms with Crippen molar-refractivity contribution in [2.24, 2.45) is 0 Å². The van der Waals surface area contributed by atoms with Crippen molar-refractivity contribution in [3.05, 3.63) is 72.8 Å². The van der Waals surface area contributed by atoms with Gasteiger partial charge in [-0.25, -0.2) is 9.97 Å². The van der Waals surface area contributed by atoms with E-state index < -0.39 is 0 Å². The number of hydrogen-bond donors (Lipinski definition) is 2. The summed E-state index contributed by atoms with van der Waals surface area (Å²) in [7, 11) is 0. The molecule has 6 nitrogen and oxygen atoms in total. The van der Waals surface area contributed by atoms with Gasteiger partial charge in [0.15, 0.2) is 0 Å². The fraction of sp³-hybridized carbons (Fsp3) is 0. The van der Waals surface area contributed by atoms with Crippen LogP contribution in [0, 0.1) is 0 Å². The first-order chi connectivity index (χ1) is 13.3. The lowest BCUT2D eigenvalue weighted by Gasteiger charge is -2.05. The summed E-state index contributed by atoms with van der Waals surface area (Å²) >= 11 is 1.54. The number of nitrogens with zero attached hydrogens (tertiary/aromatic N) is 4. The molecule has 2 N–H and O–H groups in total. The minimum Gasteiger partial charge on any atom is -0.338 e. The van der Waals surface area contributed by atoms with Crippen LogP contribution < -0.4 is 5.32 Å². The zero-order valence-electron chi connectivity index (χ0n) is 14.1. The largest absolute Gasteiger partial charge is 0.338 e. The van der Waals surface area contributed by atoms with Crippen molar-refractivity contribution >= 4 is 33.2 Å². The molecule has 130 valence electrons. The number of rotatable bonds is 4. The third-order valence-electron chi connectivity index (χ3n) is 4.22. The van der Waals surface area contributed by atoms with Crippen LogP contribution in [0.5, 0.6) is 0 Å². The quantitative estimate of drug-likeness (QED) is 0.471. The predicted molar refractivity (Wildman–Crippen MR) is 108 cm³/mol. The minimum atomic E-state index is 0.797. The molecular weight excluding hydrogens is 356 g/mol. The maximum Gasteiger partial charge on any atom is 0.138 e. The van der Waals surface area contributed by atoms with Crippen molar-refractivity contribution in [1.82, 2.24) is 24.9 Å². The highest BCUT2D eigenvalue weighted by Crippen LogP contribution is 2.27. The van der Waals surface area contributed by atoms with Crippen LogP contribution >= 0.6 is 11.3 Å². The Hall–Kier alpha value is -3.58. The molecule has 5 rings (SSSR count). The van der Waals surface area contributed by atoms with E-state index in [0.717, 1.165) is 44.4 Å². The highest BCUT2D eigenvalue weighted by atomic mass is 32.1. The lowest BCUT2D eigenvalue weighted by molar-refractivity contribution is 1.28. The van der Waals surface area contributed by atoms with Gasteiger partial charge >= 0.3 is 0 Å². The third-order valence-corrected chi connectivity index (χ3v) is 4.90. The topological polar surface area (TPSA) is 79.4 Å². The predicted octanol–water partition coefficient (Wildman–Crippen LogP) is 4.89. The van der Waals surface area contributed by atoms with Crippen molar-refractivity contribution in [1.29, 1.82) is 0 Å². The Morgan fingerprint density at radius 2 is 1.74 bits per heavy atom. The highest BCUT2D eigenvalue weighted by molar-refractivity contribution is 7.13. The number of fused-ring (bicyclic) bond motifs is 1. The second-order valence-electron chi connectivity index (χ2n) is 5.98. The first-order valence-electron chi connectivity index (χ1n) is 8.37. The fourth-order valence-electron chi connectivity index (χ4n) is 2.88. The minimum absolute atomic E-state index is 0.797. The zero-order chi connectivity index (χ0) is 18.1. The van der Waals surface area contributed by atoms with Gasteiger partial charge in [0.25, 0.3) is 0 Å². The Morgan fingerprint density at radius 1 is 0.852 bits per heavy atom. The molecule has 0 atom stereocenters. The molecule has 0 aliphatic heterocycles. The average Bonchev–Trinajstić information content (AvgIpc) is 3.38. The Labute approximate surface area is 159 Å². The van der Waals surface area contributed by atoms with Crippen LogP contribution in [-0.2, 0) is 0 Å². The normalized spacial score (nSPS) is 11.0. The van der Waals surface area contributed by atoms with E-state index in [1.807, 2.05) is 30.5 Å². The molecule has 27 heavy (non-hydrogen) atoms. The van der Waals surface area contributed by atoms with E-state index in [1.165, 1.54) is 0 Å². The SMILES string of the molecule is c1cc(-c2nc3ccc(-c4ccc(Nc5cncs5)nc4)cc3[nH]2)ccn1. The lowest BCUT2D eigenvalue weighted by Crippen LogP contribution is -1.91. The molecule has 0 spiro atoms. The Morgan fingerprint density at radius 3 is 2.52 bits per heavy atom. The molecule has 0 radical (unpaired) electrons. The van der Waals surface area contributed by atoms with E-state index in [4.69, 9.17) is 0 Å². The van der Waals surface area contributed by atoms with Crippen LogP contribution in [0.2, 0.25) is 0 Å². The van der Waals surface area contributed by atoms with Crippen LogP contribution in [0.15, 0.2) is 72.8 Å². The van der Waals surface area contributed by atoms with Crippen LogP contribution in [0.4, 0.5) is 10.8 Å². The monoisotopic (exact) mass is 370 g/mol. The summed E-state index contributed by atoms with van der Waals surface area (Å²) in [5.41, 5.74) is 6.86. The molecule has 0 amide bonds. The summed E-state index contributed by atoms with van der Waals surface area (Å²) in [5.74, 6) is 1.64. The number of aromatic nitrogens is 5. The van der Waals surface area contributed by atoms with Crippen LogP contribution in [0.1, 0.15) is 0 Å². The average molecular weight is 370 g/mol. The molecule has 0 unspecified atom stereocenters. The van der Waals surface area contributed by atoms with Crippen molar-refractivity contribution in [2.45, 2.75) is 0 Å². The van der Waals surface area contributed by atoms with Gasteiger partial charge in [-0.15, -0.1) is 11.3 Å². The first-order valence-corrected chi connectivity index (χ1v) is 9.25.